The van der Waals surface area contributed by atoms with Gasteiger partial charge >= 0.3 is 0 Å². The average Bonchev–Trinajstić information content (AvgIpc) is 2.92. The van der Waals surface area contributed by atoms with Crippen LogP contribution in [0, 0.1) is 0 Å². The van der Waals surface area contributed by atoms with E-state index >= 15 is 0 Å². The van der Waals surface area contributed by atoms with E-state index in [1.54, 1.807) is 18.2 Å². The number of ether oxygens (including phenoxy) is 1. The fourth-order valence-corrected chi connectivity index (χ4v) is 1.48. The van der Waals surface area contributed by atoms with Gasteiger partial charge in [-0.3, -0.25) is 4.79 Å². The number of hydrogen-bond acceptors (Lipinski definition) is 5. The fourth-order valence-electron chi connectivity index (χ4n) is 1.41. The Hall–Kier alpha value is -2.15. The monoisotopic (exact) mass is 267 g/mol. The number of hydrogen-bond donors (Lipinski definition) is 1. The zero-order chi connectivity index (χ0) is 13.0. The number of amides is 1. The third-order valence-electron chi connectivity index (χ3n) is 2.18. The summed E-state index contributed by atoms with van der Waals surface area (Å²) in [7, 11) is 1.52. The normalized spacial score (nSPS) is 10.1. The van der Waals surface area contributed by atoms with E-state index in [9.17, 15) is 4.79 Å². The number of carbonyl (C=O) groups is 1. The number of nitrogens with zero attached hydrogens (tertiary/aromatic N) is 4. The van der Waals surface area contributed by atoms with Gasteiger partial charge in [0.05, 0.1) is 7.11 Å². The summed E-state index contributed by atoms with van der Waals surface area (Å²) in [6.07, 6.45) is 1.45. The van der Waals surface area contributed by atoms with Crippen LogP contribution in [0.25, 0.3) is 5.69 Å². The smallest absolute Gasteiger partial charge is 0.239 e. The maximum Gasteiger partial charge on any atom is 0.239 e. The molecule has 0 spiro atoms. The van der Waals surface area contributed by atoms with Crippen LogP contribution in [0.5, 0.6) is 5.75 Å². The first-order chi connectivity index (χ1) is 8.74. The average molecular weight is 268 g/mol. The van der Waals surface area contributed by atoms with Crippen LogP contribution >= 0.6 is 11.6 Å². The molecule has 8 heteroatoms. The van der Waals surface area contributed by atoms with Crippen LogP contribution in [0.15, 0.2) is 24.5 Å². The van der Waals surface area contributed by atoms with Crippen molar-refractivity contribution in [2.75, 3.05) is 18.3 Å². The van der Waals surface area contributed by atoms with Crippen molar-refractivity contribution in [2.24, 2.45) is 0 Å². The lowest BCUT2D eigenvalue weighted by molar-refractivity contribution is -0.113. The Kier molecular flexibility index (Phi) is 3.73. The fraction of sp³-hybridized carbons (Fsp3) is 0.200. The minimum Gasteiger partial charge on any atom is -0.494 e. The minimum atomic E-state index is -0.283. The zero-order valence-corrected chi connectivity index (χ0v) is 10.3. The molecule has 0 saturated carbocycles. The number of aromatic nitrogens is 4. The Morgan fingerprint density at radius 2 is 2.39 bits per heavy atom. The second kappa shape index (κ2) is 5.46. The predicted octanol–water partition coefficient (Wildman–Crippen LogP) is 0.848. The molecule has 94 valence electrons. The van der Waals surface area contributed by atoms with E-state index in [4.69, 9.17) is 16.3 Å². The van der Waals surface area contributed by atoms with Crippen molar-refractivity contribution in [3.8, 4) is 11.4 Å². The van der Waals surface area contributed by atoms with Crippen molar-refractivity contribution in [1.82, 2.24) is 20.2 Å². The Labute approximate surface area is 108 Å². The van der Waals surface area contributed by atoms with Crippen molar-refractivity contribution in [3.63, 3.8) is 0 Å². The van der Waals surface area contributed by atoms with Gasteiger partial charge in [0, 0.05) is 11.8 Å². The van der Waals surface area contributed by atoms with Crippen molar-refractivity contribution >= 4 is 23.2 Å². The van der Waals surface area contributed by atoms with Gasteiger partial charge < -0.3 is 10.1 Å². The molecule has 0 saturated heterocycles. The molecule has 0 unspecified atom stereocenters. The molecule has 2 rings (SSSR count). The molecule has 2 aromatic rings. The summed E-state index contributed by atoms with van der Waals surface area (Å²) in [5.74, 6) is 0.153. The van der Waals surface area contributed by atoms with E-state index in [2.05, 4.69) is 20.8 Å². The van der Waals surface area contributed by atoms with Gasteiger partial charge in [-0.2, -0.15) is 4.68 Å². The second-order valence-electron chi connectivity index (χ2n) is 3.32. The highest BCUT2D eigenvalue weighted by atomic mass is 35.5. The molecular weight excluding hydrogens is 258 g/mol. The predicted molar refractivity (Wildman–Crippen MR) is 65.1 cm³/mol. The maximum atomic E-state index is 11.2. The van der Waals surface area contributed by atoms with Gasteiger partial charge in [0.25, 0.3) is 0 Å². The van der Waals surface area contributed by atoms with Gasteiger partial charge in [0.15, 0.2) is 0 Å². The molecule has 18 heavy (non-hydrogen) atoms. The lowest BCUT2D eigenvalue weighted by Gasteiger charge is -2.10. The molecule has 0 aliphatic heterocycles. The van der Waals surface area contributed by atoms with E-state index in [1.165, 1.54) is 18.1 Å². The molecule has 7 nitrogen and oxygen atoms in total. The quantitative estimate of drug-likeness (QED) is 0.831. The number of halogens is 1. The number of anilines is 1. The maximum absolute atomic E-state index is 11.2. The first kappa shape index (κ1) is 12.3. The molecule has 0 aliphatic rings. The lowest BCUT2D eigenvalue weighted by atomic mass is 10.2. The minimum absolute atomic E-state index is 0.100. The van der Waals surface area contributed by atoms with Gasteiger partial charge in [0.2, 0.25) is 5.91 Å². The summed E-state index contributed by atoms with van der Waals surface area (Å²) in [5, 5.41) is 13.5. The standard InChI is InChI=1S/C10H10ClN5O2/c1-18-9-4-7(13-10(17)5-11)2-3-8(9)16-6-12-14-15-16/h2-4,6H,5H2,1H3,(H,13,17). The van der Waals surface area contributed by atoms with Gasteiger partial charge in [-0.15, -0.1) is 16.7 Å². The van der Waals surface area contributed by atoms with Crippen LogP contribution in [-0.4, -0.2) is 39.1 Å². The Balaban J connectivity index is 2.32. The molecular formula is C10H10ClN5O2. The number of carbonyl (C=O) groups excluding carboxylic acids is 1. The highest BCUT2D eigenvalue weighted by Crippen LogP contribution is 2.25. The van der Waals surface area contributed by atoms with Gasteiger partial charge in [-0.1, -0.05) is 0 Å². The highest BCUT2D eigenvalue weighted by Gasteiger charge is 2.09. The first-order valence-corrected chi connectivity index (χ1v) is 5.55. The van der Waals surface area contributed by atoms with E-state index in [0.717, 1.165) is 0 Å². The highest BCUT2D eigenvalue weighted by molar-refractivity contribution is 6.29. The third-order valence-corrected chi connectivity index (χ3v) is 2.42. The SMILES string of the molecule is COc1cc(NC(=O)CCl)ccc1-n1cnnn1. The molecule has 1 aromatic carbocycles. The number of alkyl halides is 1. The van der Waals surface area contributed by atoms with E-state index in [1.807, 2.05) is 0 Å². The van der Waals surface area contributed by atoms with Gasteiger partial charge in [-0.05, 0) is 22.6 Å². The van der Waals surface area contributed by atoms with Crippen LogP contribution < -0.4 is 10.1 Å². The largest absolute Gasteiger partial charge is 0.494 e. The number of tetrazole rings is 1. The molecule has 0 fully saturated rings. The summed E-state index contributed by atoms with van der Waals surface area (Å²) >= 11 is 5.41. The van der Waals surface area contributed by atoms with Crippen LogP contribution in [-0.2, 0) is 4.79 Å². The molecule has 1 amide bonds. The number of rotatable bonds is 4. The van der Waals surface area contributed by atoms with Crippen LogP contribution in [0.4, 0.5) is 5.69 Å². The van der Waals surface area contributed by atoms with Crippen LogP contribution in [0.3, 0.4) is 0 Å². The van der Waals surface area contributed by atoms with E-state index in [-0.39, 0.29) is 11.8 Å². The van der Waals surface area contributed by atoms with Crippen molar-refractivity contribution < 1.29 is 9.53 Å². The zero-order valence-electron chi connectivity index (χ0n) is 9.50. The molecule has 1 aromatic heterocycles. The Bertz CT molecular complexity index is 543. The lowest BCUT2D eigenvalue weighted by Crippen LogP contribution is -2.12. The van der Waals surface area contributed by atoms with Crippen molar-refractivity contribution in [1.29, 1.82) is 0 Å². The Morgan fingerprint density at radius 3 is 3.00 bits per heavy atom. The summed E-state index contributed by atoms with van der Waals surface area (Å²) in [4.78, 5) is 11.2. The summed E-state index contributed by atoms with van der Waals surface area (Å²) < 4.78 is 6.69. The third kappa shape index (κ3) is 2.57. The van der Waals surface area contributed by atoms with Crippen LogP contribution in [0.1, 0.15) is 0 Å². The number of nitrogens with one attached hydrogen (secondary N) is 1. The molecule has 0 bridgehead atoms. The summed E-state index contributed by atoms with van der Waals surface area (Å²) in [6.45, 7) is 0. The second-order valence-corrected chi connectivity index (χ2v) is 3.59. The molecule has 1 heterocycles. The molecule has 0 aliphatic carbocycles. The van der Waals surface area contributed by atoms with Gasteiger partial charge in [0.1, 0.15) is 23.6 Å². The van der Waals surface area contributed by atoms with Crippen LogP contribution in [0.2, 0.25) is 0 Å². The topological polar surface area (TPSA) is 81.9 Å². The molecule has 0 atom stereocenters. The summed E-state index contributed by atoms with van der Waals surface area (Å²) in [6, 6.07) is 5.12. The van der Waals surface area contributed by atoms with E-state index < -0.39 is 0 Å². The number of benzene rings is 1. The molecule has 0 radical (unpaired) electrons. The first-order valence-electron chi connectivity index (χ1n) is 5.02. The van der Waals surface area contributed by atoms with E-state index in [0.29, 0.717) is 17.1 Å². The van der Waals surface area contributed by atoms with Crippen molar-refractivity contribution in [2.45, 2.75) is 0 Å². The number of methoxy groups -OCH3 is 1. The van der Waals surface area contributed by atoms with Gasteiger partial charge in [-0.25, -0.2) is 0 Å². The summed E-state index contributed by atoms with van der Waals surface area (Å²) in [5.41, 5.74) is 1.26. The molecule has 1 N–H and O–H groups in total. The Morgan fingerprint density at radius 1 is 1.56 bits per heavy atom. The van der Waals surface area contributed by atoms with Crippen molar-refractivity contribution in [3.05, 3.63) is 24.5 Å².